The van der Waals surface area contributed by atoms with Crippen LogP contribution in [-0.4, -0.2) is 22.5 Å². The minimum absolute atomic E-state index is 0.326. The fourth-order valence-electron chi connectivity index (χ4n) is 0.363. The Kier molecular flexibility index (Phi) is 3.36. The highest BCUT2D eigenvalue weighted by atomic mass is 31.2. The van der Waals surface area contributed by atoms with E-state index in [0.717, 1.165) is 0 Å². The van der Waals surface area contributed by atoms with Crippen LogP contribution in [0.1, 0.15) is 13.8 Å². The second-order valence-electron chi connectivity index (χ2n) is 1.93. The van der Waals surface area contributed by atoms with Crippen LogP contribution in [-0.2, 0) is 9.09 Å². The largest absolute Gasteiger partial charge is 0.384 e. The zero-order chi connectivity index (χ0) is 7.49. The molecule has 0 rings (SSSR count). The molecule has 0 saturated carbocycles. The average molecular weight is 154 g/mol. The maximum absolute atomic E-state index is 10.5. The first-order valence-corrected chi connectivity index (χ1v) is 4.35. The Morgan fingerprint density at radius 3 is 2.22 bits per heavy atom. The maximum Gasteiger partial charge on any atom is 0.353 e. The Morgan fingerprint density at radius 1 is 1.67 bits per heavy atom. The topological polar surface area (TPSA) is 66.8 Å². The molecule has 0 aromatic carbocycles. The summed E-state index contributed by atoms with van der Waals surface area (Å²) in [6, 6.07) is 0. The third kappa shape index (κ3) is 4.60. The normalized spacial score (nSPS) is 17.9. The minimum atomic E-state index is -3.67. The third-order valence-corrected chi connectivity index (χ3v) is 1.66. The predicted octanol–water partition coefficient (Wildman–Crippen LogP) is 0.547. The van der Waals surface area contributed by atoms with Crippen molar-refractivity contribution >= 4 is 7.60 Å². The van der Waals surface area contributed by atoms with E-state index in [0.29, 0.717) is 0 Å². The summed E-state index contributed by atoms with van der Waals surface area (Å²) < 4.78 is 14.9. The van der Waals surface area contributed by atoms with Gasteiger partial charge in [-0.05, 0) is 13.8 Å². The lowest BCUT2D eigenvalue weighted by Gasteiger charge is -2.11. The van der Waals surface area contributed by atoms with Crippen molar-refractivity contribution in [3.63, 3.8) is 0 Å². The van der Waals surface area contributed by atoms with Crippen LogP contribution >= 0.6 is 7.60 Å². The summed E-state index contributed by atoms with van der Waals surface area (Å²) in [5.74, 6) is 0. The van der Waals surface area contributed by atoms with Crippen LogP contribution in [0.3, 0.4) is 0 Å². The van der Waals surface area contributed by atoms with Crippen molar-refractivity contribution in [3.8, 4) is 0 Å². The van der Waals surface area contributed by atoms with E-state index in [2.05, 4.69) is 4.52 Å². The highest BCUT2D eigenvalue weighted by molar-refractivity contribution is 7.52. The molecule has 2 N–H and O–H groups in total. The molecule has 0 fully saturated rings. The molecular formula is C4H11O4P. The molecule has 9 heavy (non-hydrogen) atoms. The van der Waals surface area contributed by atoms with E-state index in [-0.39, 0.29) is 6.10 Å². The molecule has 0 aliphatic carbocycles. The van der Waals surface area contributed by atoms with E-state index in [9.17, 15) is 4.57 Å². The lowest BCUT2D eigenvalue weighted by Crippen LogP contribution is -2.01. The van der Waals surface area contributed by atoms with Crippen molar-refractivity contribution in [2.75, 3.05) is 6.35 Å². The summed E-state index contributed by atoms with van der Waals surface area (Å²) in [5.41, 5.74) is 0. The maximum atomic E-state index is 10.5. The smallest absolute Gasteiger partial charge is 0.353 e. The van der Waals surface area contributed by atoms with Gasteiger partial charge < -0.3 is 14.5 Å². The number of hydrogen-bond donors (Lipinski definition) is 2. The predicted molar refractivity (Wildman–Crippen MR) is 33.1 cm³/mol. The van der Waals surface area contributed by atoms with Gasteiger partial charge in [0.25, 0.3) is 0 Å². The monoisotopic (exact) mass is 154 g/mol. The Bertz CT molecular complexity index is 122. The van der Waals surface area contributed by atoms with Crippen molar-refractivity contribution < 1.29 is 19.1 Å². The van der Waals surface area contributed by atoms with Crippen LogP contribution in [0.4, 0.5) is 0 Å². The van der Waals surface area contributed by atoms with Gasteiger partial charge in [0, 0.05) is 0 Å². The molecule has 0 bridgehead atoms. The molecule has 0 amide bonds. The number of aliphatic hydroxyl groups is 1. The van der Waals surface area contributed by atoms with E-state index in [1.807, 2.05) is 0 Å². The van der Waals surface area contributed by atoms with Gasteiger partial charge in [-0.2, -0.15) is 0 Å². The standard InChI is InChI=1S/C4H11O4P/c1-4(2)8-9(6,7)3-5/h4-5H,3H2,1-2H3,(H,6,7). The molecule has 0 aromatic heterocycles. The zero-order valence-electron chi connectivity index (χ0n) is 5.44. The number of hydrogen-bond acceptors (Lipinski definition) is 3. The molecule has 4 nitrogen and oxygen atoms in total. The first-order valence-electron chi connectivity index (χ1n) is 2.59. The lowest BCUT2D eigenvalue weighted by atomic mass is 10.5. The molecular weight excluding hydrogens is 143 g/mol. The van der Waals surface area contributed by atoms with E-state index in [1.54, 1.807) is 13.8 Å². The molecule has 0 saturated heterocycles. The molecule has 0 aromatic rings. The lowest BCUT2D eigenvalue weighted by molar-refractivity contribution is 0.182. The minimum Gasteiger partial charge on any atom is -0.384 e. The summed E-state index contributed by atoms with van der Waals surface area (Å²) in [4.78, 5) is 8.58. The highest BCUT2D eigenvalue weighted by Crippen LogP contribution is 2.41. The van der Waals surface area contributed by atoms with E-state index in [1.165, 1.54) is 0 Å². The molecule has 0 aliphatic rings. The molecule has 0 spiro atoms. The molecule has 56 valence electrons. The second kappa shape index (κ2) is 3.32. The van der Waals surface area contributed by atoms with Gasteiger partial charge in [0.2, 0.25) is 0 Å². The van der Waals surface area contributed by atoms with Crippen molar-refractivity contribution in [3.05, 3.63) is 0 Å². The molecule has 0 heterocycles. The summed E-state index contributed by atoms with van der Waals surface area (Å²) in [5, 5.41) is 8.20. The highest BCUT2D eigenvalue weighted by Gasteiger charge is 2.18. The van der Waals surface area contributed by atoms with Crippen molar-refractivity contribution in [2.45, 2.75) is 20.0 Å². The molecule has 0 radical (unpaired) electrons. The van der Waals surface area contributed by atoms with Gasteiger partial charge in [-0.1, -0.05) is 0 Å². The SMILES string of the molecule is CC(C)OP(=O)(O)CO. The fourth-order valence-corrected chi connectivity index (χ4v) is 1.09. The summed E-state index contributed by atoms with van der Waals surface area (Å²) in [7, 11) is -3.67. The van der Waals surface area contributed by atoms with Crippen LogP contribution in [0.15, 0.2) is 0 Å². The average Bonchev–Trinajstić information content (AvgIpc) is 1.63. The van der Waals surface area contributed by atoms with Gasteiger partial charge in [-0.25, -0.2) is 0 Å². The second-order valence-corrected chi connectivity index (χ2v) is 3.70. The van der Waals surface area contributed by atoms with Crippen molar-refractivity contribution in [2.24, 2.45) is 0 Å². The molecule has 1 unspecified atom stereocenters. The van der Waals surface area contributed by atoms with Crippen LogP contribution in [0.2, 0.25) is 0 Å². The van der Waals surface area contributed by atoms with Gasteiger partial charge >= 0.3 is 7.60 Å². The third-order valence-electron chi connectivity index (χ3n) is 0.554. The van der Waals surface area contributed by atoms with Gasteiger partial charge in [0.15, 0.2) is 0 Å². The van der Waals surface area contributed by atoms with Gasteiger partial charge in [-0.3, -0.25) is 4.57 Å². The summed E-state index contributed by atoms with van der Waals surface area (Å²) in [6.45, 7) is 3.25. The first-order chi connectivity index (χ1) is 3.98. The first kappa shape index (κ1) is 9.11. The van der Waals surface area contributed by atoms with Crippen LogP contribution in [0.5, 0.6) is 0 Å². The quantitative estimate of drug-likeness (QED) is 0.582. The van der Waals surface area contributed by atoms with Gasteiger partial charge in [0.1, 0.15) is 6.35 Å². The van der Waals surface area contributed by atoms with E-state index < -0.39 is 13.9 Å². The zero-order valence-corrected chi connectivity index (χ0v) is 6.34. The van der Waals surface area contributed by atoms with Crippen LogP contribution in [0, 0.1) is 0 Å². The van der Waals surface area contributed by atoms with E-state index >= 15 is 0 Å². The van der Waals surface area contributed by atoms with Crippen LogP contribution in [0.25, 0.3) is 0 Å². The van der Waals surface area contributed by atoms with Gasteiger partial charge in [0.05, 0.1) is 6.10 Å². The Balaban J connectivity index is 3.73. The van der Waals surface area contributed by atoms with Gasteiger partial charge in [-0.15, -0.1) is 0 Å². The Labute approximate surface area is 54.0 Å². The van der Waals surface area contributed by atoms with Crippen molar-refractivity contribution in [1.29, 1.82) is 0 Å². The Hall–Kier alpha value is 0.110. The number of aliphatic hydroxyl groups excluding tert-OH is 1. The number of rotatable bonds is 3. The van der Waals surface area contributed by atoms with Crippen molar-refractivity contribution in [1.82, 2.24) is 0 Å². The summed E-state index contributed by atoms with van der Waals surface area (Å²) >= 11 is 0. The van der Waals surface area contributed by atoms with Crippen LogP contribution < -0.4 is 0 Å². The Morgan fingerprint density at radius 2 is 2.11 bits per heavy atom. The molecule has 0 aliphatic heterocycles. The molecule has 5 heteroatoms. The van der Waals surface area contributed by atoms with E-state index in [4.69, 9.17) is 10.00 Å². The molecule has 1 atom stereocenters. The fraction of sp³-hybridized carbons (Fsp3) is 1.00. The summed E-state index contributed by atoms with van der Waals surface area (Å²) in [6.07, 6.45) is -1.14.